The number of amides is 2. The third-order valence-corrected chi connectivity index (χ3v) is 3.22. The average Bonchev–Trinajstić information content (AvgIpc) is 2.74. The lowest BCUT2D eigenvalue weighted by Gasteiger charge is -2.18. The minimum Gasteiger partial charge on any atom is -0.447 e. The number of hydrogen-bond donors (Lipinski definition) is 0. The summed E-state index contributed by atoms with van der Waals surface area (Å²) in [6.07, 6.45) is 3.08. The number of aryl methyl sites for hydroxylation is 1. The predicted molar refractivity (Wildman–Crippen MR) is 71.7 cm³/mol. The van der Waals surface area contributed by atoms with Crippen LogP contribution in [0.2, 0.25) is 0 Å². The molecule has 1 aromatic rings. The van der Waals surface area contributed by atoms with E-state index in [9.17, 15) is 9.59 Å². The second-order valence-corrected chi connectivity index (χ2v) is 4.57. The Morgan fingerprint density at radius 2 is 2.21 bits per heavy atom. The molecule has 4 nitrogen and oxygen atoms in total. The molecule has 1 fully saturated rings. The number of carbonyl (C=O) groups excluding carboxylic acids is 2. The monoisotopic (exact) mass is 259 g/mol. The van der Waals surface area contributed by atoms with Gasteiger partial charge in [-0.25, -0.2) is 9.69 Å². The molecule has 1 unspecified atom stereocenters. The van der Waals surface area contributed by atoms with Crippen molar-refractivity contribution in [1.29, 1.82) is 0 Å². The van der Waals surface area contributed by atoms with Crippen LogP contribution in [0.5, 0.6) is 0 Å². The van der Waals surface area contributed by atoms with E-state index in [1.54, 1.807) is 13.0 Å². The van der Waals surface area contributed by atoms with E-state index in [2.05, 4.69) is 0 Å². The highest BCUT2D eigenvalue weighted by Crippen LogP contribution is 2.19. The van der Waals surface area contributed by atoms with Gasteiger partial charge in [-0.1, -0.05) is 30.3 Å². The highest BCUT2D eigenvalue weighted by molar-refractivity contribution is 5.99. The lowest BCUT2D eigenvalue weighted by atomic mass is 10.0. The molecule has 0 bridgehead atoms. The zero-order valence-corrected chi connectivity index (χ0v) is 11.1. The van der Waals surface area contributed by atoms with E-state index in [0.29, 0.717) is 6.42 Å². The molecule has 1 aliphatic rings. The Bertz CT molecular complexity index is 522. The number of hydrogen-bond acceptors (Lipinski definition) is 3. The molecule has 4 heteroatoms. The molecule has 1 atom stereocenters. The van der Waals surface area contributed by atoms with Crippen molar-refractivity contribution in [2.24, 2.45) is 0 Å². The fraction of sp³-hybridized carbons (Fsp3) is 0.333. The molecule has 1 aliphatic heterocycles. The van der Waals surface area contributed by atoms with Crippen LogP contribution in [0.4, 0.5) is 4.79 Å². The van der Waals surface area contributed by atoms with Crippen LogP contribution in [0.3, 0.4) is 0 Å². The van der Waals surface area contributed by atoms with Gasteiger partial charge in [0, 0.05) is 0 Å². The summed E-state index contributed by atoms with van der Waals surface area (Å²) >= 11 is 0. The summed E-state index contributed by atoms with van der Waals surface area (Å²) in [6, 6.07) is 7.73. The number of ether oxygens (including phenoxy) is 1. The molecule has 100 valence electrons. The molecular weight excluding hydrogens is 242 g/mol. The van der Waals surface area contributed by atoms with Gasteiger partial charge in [0.15, 0.2) is 0 Å². The van der Waals surface area contributed by atoms with E-state index in [0.717, 1.165) is 11.1 Å². The lowest BCUT2D eigenvalue weighted by molar-refractivity contribution is -0.124. The van der Waals surface area contributed by atoms with Gasteiger partial charge in [0.05, 0.1) is 6.04 Å². The largest absolute Gasteiger partial charge is 0.447 e. The zero-order valence-electron chi connectivity index (χ0n) is 11.1. The third-order valence-electron chi connectivity index (χ3n) is 3.22. The highest BCUT2D eigenvalue weighted by atomic mass is 16.6. The Morgan fingerprint density at radius 3 is 2.89 bits per heavy atom. The van der Waals surface area contributed by atoms with Crippen LogP contribution in [0.15, 0.2) is 36.4 Å². The van der Waals surface area contributed by atoms with Gasteiger partial charge in [0.25, 0.3) is 5.91 Å². The first-order chi connectivity index (χ1) is 9.13. The minimum absolute atomic E-state index is 0.225. The maximum absolute atomic E-state index is 11.9. The van der Waals surface area contributed by atoms with Crippen LogP contribution >= 0.6 is 0 Å². The fourth-order valence-electron chi connectivity index (χ4n) is 2.20. The Morgan fingerprint density at radius 1 is 1.47 bits per heavy atom. The Labute approximate surface area is 112 Å². The van der Waals surface area contributed by atoms with E-state index in [4.69, 9.17) is 4.74 Å². The molecule has 0 aliphatic carbocycles. The van der Waals surface area contributed by atoms with Crippen molar-refractivity contribution in [3.8, 4) is 0 Å². The Hall–Kier alpha value is -2.10. The van der Waals surface area contributed by atoms with Crippen molar-refractivity contribution in [3.05, 3.63) is 47.5 Å². The molecule has 2 amide bonds. The maximum atomic E-state index is 11.9. The van der Waals surface area contributed by atoms with Gasteiger partial charge in [-0.2, -0.15) is 0 Å². The molecule has 0 N–H and O–H groups in total. The first kappa shape index (κ1) is 13.3. The number of imide groups is 1. The van der Waals surface area contributed by atoms with Gasteiger partial charge in [0.1, 0.15) is 6.61 Å². The highest BCUT2D eigenvalue weighted by Gasteiger charge is 2.36. The number of carbonyl (C=O) groups is 2. The first-order valence-electron chi connectivity index (χ1n) is 6.30. The van der Waals surface area contributed by atoms with Crippen molar-refractivity contribution in [3.63, 3.8) is 0 Å². The predicted octanol–water partition coefficient (Wildman–Crippen LogP) is 2.46. The van der Waals surface area contributed by atoms with Crippen LogP contribution in [-0.4, -0.2) is 29.5 Å². The molecule has 1 heterocycles. The lowest BCUT2D eigenvalue weighted by Crippen LogP contribution is -2.39. The van der Waals surface area contributed by atoms with E-state index in [1.165, 1.54) is 11.0 Å². The summed E-state index contributed by atoms with van der Waals surface area (Å²) in [6.45, 7) is 4.02. The van der Waals surface area contributed by atoms with Crippen LogP contribution in [0, 0.1) is 6.92 Å². The summed E-state index contributed by atoms with van der Waals surface area (Å²) < 4.78 is 4.99. The van der Waals surface area contributed by atoms with Crippen LogP contribution < -0.4 is 0 Å². The van der Waals surface area contributed by atoms with E-state index in [1.807, 2.05) is 31.2 Å². The van der Waals surface area contributed by atoms with E-state index < -0.39 is 6.09 Å². The van der Waals surface area contributed by atoms with Crippen molar-refractivity contribution >= 4 is 12.0 Å². The average molecular weight is 259 g/mol. The molecule has 2 rings (SSSR count). The Balaban J connectivity index is 2.17. The molecular formula is C15H17NO3. The van der Waals surface area contributed by atoms with Crippen molar-refractivity contribution < 1.29 is 14.3 Å². The second kappa shape index (κ2) is 5.69. The van der Waals surface area contributed by atoms with E-state index in [-0.39, 0.29) is 18.6 Å². The van der Waals surface area contributed by atoms with Gasteiger partial charge < -0.3 is 4.74 Å². The number of cyclic esters (lactones) is 1. The van der Waals surface area contributed by atoms with Gasteiger partial charge in [0.2, 0.25) is 0 Å². The Kier molecular flexibility index (Phi) is 4.00. The summed E-state index contributed by atoms with van der Waals surface area (Å²) in [5.41, 5.74) is 2.28. The van der Waals surface area contributed by atoms with Crippen LogP contribution in [0.25, 0.3) is 0 Å². The topological polar surface area (TPSA) is 46.6 Å². The standard InChI is InChI=1S/C15H17NO3/c1-3-6-14(17)16-13(10-19-15(16)18)9-12-8-5-4-7-11(12)2/h3-8,13H,9-10H2,1-2H3. The molecule has 19 heavy (non-hydrogen) atoms. The number of allylic oxidation sites excluding steroid dienone is 1. The van der Waals surface area contributed by atoms with Gasteiger partial charge in [-0.05, 0) is 37.5 Å². The summed E-state index contributed by atoms with van der Waals surface area (Å²) in [5, 5.41) is 0. The molecule has 0 aromatic heterocycles. The van der Waals surface area contributed by atoms with Crippen molar-refractivity contribution in [1.82, 2.24) is 4.90 Å². The summed E-state index contributed by atoms with van der Waals surface area (Å²) in [5.74, 6) is -0.316. The van der Waals surface area contributed by atoms with Crippen LogP contribution in [-0.2, 0) is 16.0 Å². The minimum atomic E-state index is -0.554. The summed E-state index contributed by atoms with van der Waals surface area (Å²) in [7, 11) is 0. The molecule has 0 saturated carbocycles. The molecule has 0 spiro atoms. The smallest absolute Gasteiger partial charge is 0.417 e. The van der Waals surface area contributed by atoms with Gasteiger partial charge in [-0.3, -0.25) is 4.79 Å². The van der Waals surface area contributed by atoms with Gasteiger partial charge in [-0.15, -0.1) is 0 Å². The van der Waals surface area contributed by atoms with Crippen molar-refractivity contribution in [2.75, 3.05) is 6.61 Å². The van der Waals surface area contributed by atoms with Crippen LogP contribution in [0.1, 0.15) is 18.1 Å². The number of rotatable bonds is 3. The second-order valence-electron chi connectivity index (χ2n) is 4.57. The maximum Gasteiger partial charge on any atom is 0.417 e. The molecule has 1 aromatic carbocycles. The van der Waals surface area contributed by atoms with E-state index >= 15 is 0 Å². The molecule has 1 saturated heterocycles. The first-order valence-corrected chi connectivity index (χ1v) is 6.30. The zero-order chi connectivity index (χ0) is 13.8. The summed E-state index contributed by atoms with van der Waals surface area (Å²) in [4.78, 5) is 24.7. The normalized spacial score (nSPS) is 18.9. The molecule has 0 radical (unpaired) electrons. The van der Waals surface area contributed by atoms with Crippen molar-refractivity contribution in [2.45, 2.75) is 26.3 Å². The SMILES string of the molecule is CC=CC(=O)N1C(=O)OCC1Cc1ccccc1C. The fourth-order valence-corrected chi connectivity index (χ4v) is 2.20. The number of benzene rings is 1. The van der Waals surface area contributed by atoms with Gasteiger partial charge >= 0.3 is 6.09 Å². The quantitative estimate of drug-likeness (QED) is 0.783. The number of nitrogens with zero attached hydrogens (tertiary/aromatic N) is 1. The third kappa shape index (κ3) is 2.84.